The maximum absolute atomic E-state index is 12.0. The highest BCUT2D eigenvalue weighted by Gasteiger charge is 2.35. The second kappa shape index (κ2) is 5.78. The molecule has 3 rings (SSSR count). The molecule has 0 bridgehead atoms. The quantitative estimate of drug-likeness (QED) is 0.902. The molecule has 4 nitrogen and oxygen atoms in total. The Balaban J connectivity index is 1.47. The van der Waals surface area contributed by atoms with Crippen LogP contribution in [0.1, 0.15) is 37.9 Å². The summed E-state index contributed by atoms with van der Waals surface area (Å²) < 4.78 is 5.25. The summed E-state index contributed by atoms with van der Waals surface area (Å²) in [5.74, 6) is 1.05. The first-order valence-electron chi connectivity index (χ1n) is 7.39. The summed E-state index contributed by atoms with van der Waals surface area (Å²) in [6, 6.07) is 4.74. The minimum Gasteiger partial charge on any atom is -0.469 e. The first-order chi connectivity index (χ1) is 9.33. The number of rotatable bonds is 4. The lowest BCUT2D eigenvalue weighted by molar-refractivity contribution is -0.122. The van der Waals surface area contributed by atoms with Crippen molar-refractivity contribution in [1.82, 2.24) is 10.2 Å². The lowest BCUT2D eigenvalue weighted by Gasteiger charge is -2.32. The molecule has 3 heterocycles. The molecule has 2 fully saturated rings. The van der Waals surface area contributed by atoms with Crippen molar-refractivity contribution in [2.24, 2.45) is 0 Å². The van der Waals surface area contributed by atoms with Crippen LogP contribution in [0, 0.1) is 0 Å². The Morgan fingerprint density at radius 2 is 2.32 bits per heavy atom. The van der Waals surface area contributed by atoms with Gasteiger partial charge in [-0.05, 0) is 37.9 Å². The number of furan rings is 1. The fourth-order valence-corrected chi connectivity index (χ4v) is 3.39. The molecule has 0 spiro atoms. The second-order valence-corrected chi connectivity index (χ2v) is 5.64. The number of carbonyl (C=O) groups excluding carboxylic acids is 1. The van der Waals surface area contributed by atoms with E-state index in [1.54, 1.807) is 6.26 Å². The fourth-order valence-electron chi connectivity index (χ4n) is 3.39. The lowest BCUT2D eigenvalue weighted by Crippen LogP contribution is -2.46. The minimum absolute atomic E-state index is 0.161. The van der Waals surface area contributed by atoms with Crippen molar-refractivity contribution in [2.75, 3.05) is 13.1 Å². The van der Waals surface area contributed by atoms with Gasteiger partial charge in [0, 0.05) is 31.5 Å². The van der Waals surface area contributed by atoms with E-state index in [2.05, 4.69) is 10.2 Å². The monoisotopic (exact) mass is 262 g/mol. The molecule has 19 heavy (non-hydrogen) atoms. The maximum atomic E-state index is 12.0. The van der Waals surface area contributed by atoms with Crippen LogP contribution >= 0.6 is 0 Å². The van der Waals surface area contributed by atoms with Crippen molar-refractivity contribution in [1.29, 1.82) is 0 Å². The third-order valence-corrected chi connectivity index (χ3v) is 4.38. The number of fused-ring (bicyclic) bond motifs is 1. The first kappa shape index (κ1) is 12.7. The highest BCUT2D eigenvalue weighted by atomic mass is 16.3. The number of carbonyl (C=O) groups is 1. The molecule has 1 amide bonds. The highest BCUT2D eigenvalue weighted by molar-refractivity contribution is 5.76. The largest absolute Gasteiger partial charge is 0.469 e. The highest BCUT2D eigenvalue weighted by Crippen LogP contribution is 2.27. The average Bonchev–Trinajstić information content (AvgIpc) is 3.07. The van der Waals surface area contributed by atoms with Gasteiger partial charge in [0.25, 0.3) is 0 Å². The Labute approximate surface area is 114 Å². The fraction of sp³-hybridized carbons (Fsp3) is 0.667. The lowest BCUT2D eigenvalue weighted by atomic mass is 9.99. The summed E-state index contributed by atoms with van der Waals surface area (Å²) in [4.78, 5) is 14.5. The second-order valence-electron chi connectivity index (χ2n) is 5.64. The predicted octanol–water partition coefficient (Wildman–Crippen LogP) is 1.96. The summed E-state index contributed by atoms with van der Waals surface area (Å²) >= 11 is 0. The van der Waals surface area contributed by atoms with Crippen LogP contribution in [0.15, 0.2) is 22.8 Å². The van der Waals surface area contributed by atoms with E-state index in [1.165, 1.54) is 25.8 Å². The van der Waals surface area contributed by atoms with Gasteiger partial charge in [-0.25, -0.2) is 0 Å². The zero-order valence-corrected chi connectivity index (χ0v) is 11.3. The van der Waals surface area contributed by atoms with E-state index in [1.807, 2.05) is 12.1 Å². The smallest absolute Gasteiger partial charge is 0.220 e. The number of hydrogen-bond donors (Lipinski definition) is 1. The average molecular weight is 262 g/mol. The normalized spacial score (nSPS) is 27.2. The number of nitrogens with one attached hydrogen (secondary N) is 1. The summed E-state index contributed by atoms with van der Waals surface area (Å²) in [6.07, 6.45) is 7.84. The van der Waals surface area contributed by atoms with Crippen molar-refractivity contribution < 1.29 is 9.21 Å². The van der Waals surface area contributed by atoms with Gasteiger partial charge in [0.05, 0.1) is 6.26 Å². The first-order valence-corrected chi connectivity index (χ1v) is 7.39. The van der Waals surface area contributed by atoms with E-state index in [0.717, 1.165) is 18.7 Å². The van der Waals surface area contributed by atoms with Gasteiger partial charge in [-0.15, -0.1) is 0 Å². The predicted molar refractivity (Wildman–Crippen MR) is 72.8 cm³/mol. The van der Waals surface area contributed by atoms with Crippen LogP contribution in [0.3, 0.4) is 0 Å². The van der Waals surface area contributed by atoms with E-state index in [9.17, 15) is 4.79 Å². The molecule has 2 aliphatic rings. The van der Waals surface area contributed by atoms with Crippen LogP contribution < -0.4 is 5.32 Å². The number of hydrogen-bond acceptors (Lipinski definition) is 3. The Kier molecular flexibility index (Phi) is 3.87. The van der Waals surface area contributed by atoms with Crippen LogP contribution in [0.4, 0.5) is 0 Å². The number of aryl methyl sites for hydroxylation is 1. The molecule has 0 aromatic carbocycles. The van der Waals surface area contributed by atoms with Crippen LogP contribution in [0.25, 0.3) is 0 Å². The Morgan fingerprint density at radius 3 is 3.16 bits per heavy atom. The zero-order valence-electron chi connectivity index (χ0n) is 11.3. The van der Waals surface area contributed by atoms with Crippen molar-refractivity contribution >= 4 is 5.91 Å². The zero-order chi connectivity index (χ0) is 13.1. The van der Waals surface area contributed by atoms with Crippen LogP contribution in [-0.4, -0.2) is 36.0 Å². The van der Waals surface area contributed by atoms with Gasteiger partial charge in [-0.1, -0.05) is 6.42 Å². The van der Waals surface area contributed by atoms with Gasteiger partial charge in [0.1, 0.15) is 5.76 Å². The van der Waals surface area contributed by atoms with Gasteiger partial charge >= 0.3 is 0 Å². The van der Waals surface area contributed by atoms with E-state index in [-0.39, 0.29) is 5.91 Å². The topological polar surface area (TPSA) is 45.5 Å². The van der Waals surface area contributed by atoms with Crippen molar-refractivity contribution in [3.05, 3.63) is 24.2 Å². The maximum Gasteiger partial charge on any atom is 0.220 e. The molecular weight excluding hydrogens is 240 g/mol. The Hall–Kier alpha value is -1.29. The van der Waals surface area contributed by atoms with Crippen LogP contribution in [0.5, 0.6) is 0 Å². The molecule has 1 N–H and O–H groups in total. The third-order valence-electron chi connectivity index (χ3n) is 4.38. The molecule has 0 radical (unpaired) electrons. The van der Waals surface area contributed by atoms with Crippen LogP contribution in [0.2, 0.25) is 0 Å². The molecule has 4 heteroatoms. The van der Waals surface area contributed by atoms with Crippen molar-refractivity contribution in [3.63, 3.8) is 0 Å². The molecule has 2 saturated heterocycles. The molecule has 0 saturated carbocycles. The molecule has 0 aliphatic carbocycles. The van der Waals surface area contributed by atoms with E-state index in [4.69, 9.17) is 4.42 Å². The van der Waals surface area contributed by atoms with E-state index in [0.29, 0.717) is 24.9 Å². The molecule has 2 aliphatic heterocycles. The van der Waals surface area contributed by atoms with Crippen molar-refractivity contribution in [2.45, 2.75) is 50.6 Å². The molecule has 2 atom stereocenters. The van der Waals surface area contributed by atoms with E-state index >= 15 is 0 Å². The molecule has 0 unspecified atom stereocenters. The minimum atomic E-state index is 0.161. The number of piperidine rings is 1. The number of amides is 1. The summed E-state index contributed by atoms with van der Waals surface area (Å²) in [7, 11) is 0. The molecule has 1 aromatic rings. The number of nitrogens with zero attached hydrogens (tertiary/aromatic N) is 1. The van der Waals surface area contributed by atoms with Gasteiger partial charge in [-0.3, -0.25) is 9.69 Å². The van der Waals surface area contributed by atoms with Gasteiger partial charge in [0.2, 0.25) is 5.91 Å². The van der Waals surface area contributed by atoms with Gasteiger partial charge in [0.15, 0.2) is 0 Å². The van der Waals surface area contributed by atoms with Gasteiger partial charge in [-0.2, -0.15) is 0 Å². The van der Waals surface area contributed by atoms with E-state index < -0.39 is 0 Å². The third kappa shape index (κ3) is 3.00. The SMILES string of the molecule is O=C(CCc1ccco1)N[C@@H]1CCN2CCCC[C@H]12. The summed E-state index contributed by atoms with van der Waals surface area (Å²) in [5.41, 5.74) is 0. The van der Waals surface area contributed by atoms with Crippen molar-refractivity contribution in [3.8, 4) is 0 Å². The Bertz CT molecular complexity index is 416. The van der Waals surface area contributed by atoms with Gasteiger partial charge < -0.3 is 9.73 Å². The summed E-state index contributed by atoms with van der Waals surface area (Å²) in [6.45, 7) is 2.36. The molecule has 1 aromatic heterocycles. The standard InChI is InChI=1S/C15H22N2O2/c18-15(7-6-12-4-3-11-19-12)16-13-8-10-17-9-2-1-5-14(13)17/h3-4,11,13-14H,1-2,5-10H2,(H,16,18)/t13-,14-/m1/s1. The summed E-state index contributed by atoms with van der Waals surface area (Å²) in [5, 5.41) is 3.22. The Morgan fingerprint density at radius 1 is 1.37 bits per heavy atom. The van der Waals surface area contributed by atoms with Crippen LogP contribution in [-0.2, 0) is 11.2 Å². The molecule has 104 valence electrons. The molecular formula is C15H22N2O2.